The van der Waals surface area contributed by atoms with Gasteiger partial charge in [-0.25, -0.2) is 0 Å². The summed E-state index contributed by atoms with van der Waals surface area (Å²) in [6.07, 6.45) is 3.00. The minimum atomic E-state index is 0.715. The van der Waals surface area contributed by atoms with E-state index in [1.807, 2.05) is 0 Å². The third-order valence-electron chi connectivity index (χ3n) is 2.74. The second-order valence-corrected chi connectivity index (χ2v) is 4.76. The Bertz CT molecular complexity index is 334. The smallest absolute Gasteiger partial charge is 0.0639 e. The van der Waals surface area contributed by atoms with E-state index in [0.717, 1.165) is 51.3 Å². The number of hydrogen-bond donors (Lipinski definition) is 1. The zero-order valence-corrected chi connectivity index (χ0v) is 12.4. The third-order valence-corrected chi connectivity index (χ3v) is 3.01. The van der Waals surface area contributed by atoms with Crippen molar-refractivity contribution in [3.8, 4) is 0 Å². The van der Waals surface area contributed by atoms with Crippen molar-refractivity contribution in [2.75, 3.05) is 44.7 Å². The van der Waals surface area contributed by atoms with E-state index in [-0.39, 0.29) is 0 Å². The third kappa shape index (κ3) is 8.09. The Labute approximate surface area is 121 Å². The number of anilines is 1. The van der Waals surface area contributed by atoms with Gasteiger partial charge in [-0.15, -0.1) is 11.6 Å². The fourth-order valence-electron chi connectivity index (χ4n) is 1.78. The number of halogens is 1. The molecule has 108 valence electrons. The maximum Gasteiger partial charge on any atom is 0.0639 e. The van der Waals surface area contributed by atoms with Crippen molar-refractivity contribution in [3.63, 3.8) is 0 Å². The van der Waals surface area contributed by atoms with Gasteiger partial charge in [0, 0.05) is 38.4 Å². The fourth-order valence-corrected chi connectivity index (χ4v) is 1.92. The van der Waals surface area contributed by atoms with Crippen LogP contribution in [-0.2, 0) is 15.9 Å². The van der Waals surface area contributed by atoms with Gasteiger partial charge >= 0.3 is 0 Å². The van der Waals surface area contributed by atoms with Crippen molar-refractivity contribution in [1.29, 1.82) is 0 Å². The van der Waals surface area contributed by atoms with Gasteiger partial charge in [0.2, 0.25) is 0 Å². The molecule has 3 nitrogen and oxygen atoms in total. The van der Waals surface area contributed by atoms with Crippen LogP contribution in [0.2, 0.25) is 0 Å². The van der Waals surface area contributed by atoms with Gasteiger partial charge in [-0.1, -0.05) is 12.1 Å². The molecule has 1 aromatic carbocycles. The fraction of sp³-hybridized carbons (Fsp3) is 0.600. The first-order valence-corrected chi connectivity index (χ1v) is 7.35. The normalized spacial score (nSPS) is 10.6. The Balaban J connectivity index is 2.14. The van der Waals surface area contributed by atoms with Crippen molar-refractivity contribution >= 4 is 17.3 Å². The highest BCUT2D eigenvalue weighted by atomic mass is 35.5. The maximum absolute atomic E-state index is 5.70. The van der Waals surface area contributed by atoms with Crippen LogP contribution in [0, 0.1) is 0 Å². The summed E-state index contributed by atoms with van der Waals surface area (Å²) in [5.74, 6) is 0.715. The average molecular weight is 286 g/mol. The molecule has 0 radical (unpaired) electrons. The molecule has 0 spiro atoms. The Kier molecular flexibility index (Phi) is 9.51. The summed E-state index contributed by atoms with van der Waals surface area (Å²) in [7, 11) is 1.71. The Morgan fingerprint density at radius 2 is 2.05 bits per heavy atom. The largest absolute Gasteiger partial charge is 0.385 e. The molecule has 0 unspecified atom stereocenters. The summed E-state index contributed by atoms with van der Waals surface area (Å²) in [5, 5.41) is 3.36. The van der Waals surface area contributed by atoms with E-state index in [1.165, 1.54) is 5.56 Å². The number of methoxy groups -OCH3 is 1. The molecule has 1 aromatic rings. The van der Waals surface area contributed by atoms with Crippen LogP contribution in [0.25, 0.3) is 0 Å². The number of ether oxygens (including phenoxy) is 2. The molecule has 19 heavy (non-hydrogen) atoms. The monoisotopic (exact) mass is 285 g/mol. The average Bonchev–Trinajstić information content (AvgIpc) is 2.44. The Morgan fingerprint density at radius 3 is 2.84 bits per heavy atom. The second-order valence-electron chi connectivity index (χ2n) is 4.38. The summed E-state index contributed by atoms with van der Waals surface area (Å²) >= 11 is 5.70. The van der Waals surface area contributed by atoms with Gasteiger partial charge in [-0.2, -0.15) is 0 Å². The molecule has 0 saturated carbocycles. The van der Waals surface area contributed by atoms with Crippen LogP contribution >= 0.6 is 11.6 Å². The van der Waals surface area contributed by atoms with E-state index in [9.17, 15) is 0 Å². The summed E-state index contributed by atoms with van der Waals surface area (Å²) in [4.78, 5) is 0. The van der Waals surface area contributed by atoms with E-state index < -0.39 is 0 Å². The van der Waals surface area contributed by atoms with Crippen LogP contribution in [0.5, 0.6) is 0 Å². The van der Waals surface area contributed by atoms with Gasteiger partial charge in [-0.3, -0.25) is 0 Å². The molecule has 0 amide bonds. The molecule has 0 atom stereocenters. The lowest BCUT2D eigenvalue weighted by atomic mass is 10.1. The van der Waals surface area contributed by atoms with Gasteiger partial charge < -0.3 is 14.8 Å². The number of aryl methyl sites for hydroxylation is 1. The van der Waals surface area contributed by atoms with Crippen molar-refractivity contribution in [3.05, 3.63) is 29.8 Å². The first-order chi connectivity index (χ1) is 9.36. The van der Waals surface area contributed by atoms with Crippen LogP contribution in [0.3, 0.4) is 0 Å². The molecule has 0 bridgehead atoms. The van der Waals surface area contributed by atoms with Gasteiger partial charge in [0.25, 0.3) is 0 Å². The first kappa shape index (κ1) is 16.3. The van der Waals surface area contributed by atoms with Crippen molar-refractivity contribution in [2.24, 2.45) is 0 Å². The summed E-state index contributed by atoms with van der Waals surface area (Å²) in [6.45, 7) is 3.06. The lowest BCUT2D eigenvalue weighted by Crippen LogP contribution is -2.10. The van der Waals surface area contributed by atoms with E-state index in [4.69, 9.17) is 21.1 Å². The zero-order chi connectivity index (χ0) is 13.8. The Hall–Kier alpha value is -0.770. The number of benzene rings is 1. The molecule has 1 rings (SSSR count). The highest BCUT2D eigenvalue weighted by Gasteiger charge is 1.96. The maximum atomic E-state index is 5.70. The molecule has 0 aliphatic heterocycles. The minimum absolute atomic E-state index is 0.715. The second kappa shape index (κ2) is 11.1. The van der Waals surface area contributed by atoms with Gasteiger partial charge in [0.1, 0.15) is 0 Å². The molecule has 0 aliphatic rings. The molecule has 0 aliphatic carbocycles. The highest BCUT2D eigenvalue weighted by molar-refractivity contribution is 6.17. The summed E-state index contributed by atoms with van der Waals surface area (Å²) in [6, 6.07) is 8.47. The quantitative estimate of drug-likeness (QED) is 0.500. The molecule has 1 N–H and O–H groups in total. The molecule has 0 saturated heterocycles. The predicted molar refractivity (Wildman–Crippen MR) is 81.3 cm³/mol. The number of hydrogen-bond acceptors (Lipinski definition) is 3. The van der Waals surface area contributed by atoms with Crippen molar-refractivity contribution in [1.82, 2.24) is 0 Å². The lowest BCUT2D eigenvalue weighted by Gasteiger charge is -2.09. The summed E-state index contributed by atoms with van der Waals surface area (Å²) in [5.41, 5.74) is 2.47. The number of rotatable bonds is 11. The first-order valence-electron chi connectivity index (χ1n) is 6.82. The van der Waals surface area contributed by atoms with E-state index in [1.54, 1.807) is 7.11 Å². The molecule has 0 aromatic heterocycles. The highest BCUT2D eigenvalue weighted by Crippen LogP contribution is 2.12. The molecule has 4 heteroatoms. The standard InChI is InChI=1S/C15H24ClNO2/c1-18-10-4-11-19-12-9-17-15-7-2-5-14(13-15)6-3-8-16/h2,5,7,13,17H,3-4,6,8-12H2,1H3. The van der Waals surface area contributed by atoms with E-state index in [2.05, 4.69) is 29.6 Å². The Morgan fingerprint density at radius 1 is 1.16 bits per heavy atom. The lowest BCUT2D eigenvalue weighted by molar-refractivity contribution is 0.109. The van der Waals surface area contributed by atoms with E-state index >= 15 is 0 Å². The topological polar surface area (TPSA) is 30.5 Å². The van der Waals surface area contributed by atoms with Crippen LogP contribution in [0.4, 0.5) is 5.69 Å². The zero-order valence-electron chi connectivity index (χ0n) is 11.7. The number of alkyl halides is 1. The number of nitrogens with one attached hydrogen (secondary N) is 1. The van der Waals surface area contributed by atoms with E-state index in [0.29, 0.717) is 5.88 Å². The SMILES string of the molecule is COCCCOCCNc1cccc(CCCCl)c1. The van der Waals surface area contributed by atoms with Gasteiger partial charge in [0.05, 0.1) is 6.61 Å². The van der Waals surface area contributed by atoms with Crippen molar-refractivity contribution < 1.29 is 9.47 Å². The van der Waals surface area contributed by atoms with Crippen LogP contribution < -0.4 is 5.32 Å². The summed E-state index contributed by atoms with van der Waals surface area (Å²) < 4.78 is 10.5. The molecular formula is C15H24ClNO2. The molecule has 0 fully saturated rings. The van der Waals surface area contributed by atoms with Gasteiger partial charge in [-0.05, 0) is 37.0 Å². The molecule has 0 heterocycles. The minimum Gasteiger partial charge on any atom is -0.385 e. The van der Waals surface area contributed by atoms with Gasteiger partial charge in [0.15, 0.2) is 0 Å². The molecular weight excluding hydrogens is 262 g/mol. The van der Waals surface area contributed by atoms with Crippen LogP contribution in [-0.4, -0.2) is 39.4 Å². The van der Waals surface area contributed by atoms with Crippen LogP contribution in [0.1, 0.15) is 18.4 Å². The predicted octanol–water partition coefficient (Wildman–Crippen LogP) is 3.32. The van der Waals surface area contributed by atoms with Crippen molar-refractivity contribution in [2.45, 2.75) is 19.3 Å². The van der Waals surface area contributed by atoms with Crippen LogP contribution in [0.15, 0.2) is 24.3 Å².